The Kier molecular flexibility index (Phi) is 5.50. The number of aromatic nitrogens is 2. The first-order valence-corrected chi connectivity index (χ1v) is 10.6. The molecule has 3 atom stereocenters. The molecule has 2 aliphatic rings. The Morgan fingerprint density at radius 1 is 1.23 bits per heavy atom. The summed E-state index contributed by atoms with van der Waals surface area (Å²) in [5.74, 6) is 7.14. The predicted octanol–water partition coefficient (Wildman–Crippen LogP) is 1.00. The van der Waals surface area contributed by atoms with Crippen LogP contribution >= 0.6 is 0 Å². The number of hydrogen-bond donors (Lipinski definition) is 2. The summed E-state index contributed by atoms with van der Waals surface area (Å²) in [5, 5.41) is 0.395. The molecule has 9 heteroatoms. The standard InChI is InChI=1S/C21H31N5O4/c1-4-30-17(22)9-13-11-24(10-12(13)2)16-8-7-15-18(19(16)29-3)25(14-5-6-14)21(28)26(23)20(15)27/h7-8,12-14,17H,4-6,9-11,22-23H2,1-3H3/t12-,13-,17-/m0/s1. The van der Waals surface area contributed by atoms with Gasteiger partial charge in [0.1, 0.15) is 11.7 Å². The zero-order valence-electron chi connectivity index (χ0n) is 17.8. The lowest BCUT2D eigenvalue weighted by molar-refractivity contribution is 0.0474. The Morgan fingerprint density at radius 3 is 2.60 bits per heavy atom. The summed E-state index contributed by atoms with van der Waals surface area (Å²) in [4.78, 5) is 27.7. The zero-order valence-corrected chi connectivity index (χ0v) is 17.8. The average Bonchev–Trinajstić information content (AvgIpc) is 3.49. The van der Waals surface area contributed by atoms with E-state index in [1.165, 1.54) is 0 Å². The molecular weight excluding hydrogens is 386 g/mol. The summed E-state index contributed by atoms with van der Waals surface area (Å²) in [7, 11) is 1.58. The van der Waals surface area contributed by atoms with Crippen molar-refractivity contribution in [2.75, 3.05) is 37.5 Å². The Balaban J connectivity index is 1.78. The van der Waals surface area contributed by atoms with Gasteiger partial charge in [-0.3, -0.25) is 9.36 Å². The van der Waals surface area contributed by atoms with Crippen LogP contribution < -0.4 is 32.5 Å². The molecule has 0 amide bonds. The molecule has 1 aliphatic heterocycles. The number of anilines is 1. The van der Waals surface area contributed by atoms with E-state index in [2.05, 4.69) is 11.8 Å². The summed E-state index contributed by atoms with van der Waals surface area (Å²) >= 11 is 0. The molecule has 4 N–H and O–H groups in total. The average molecular weight is 418 g/mol. The van der Waals surface area contributed by atoms with Crippen LogP contribution in [0.1, 0.15) is 39.2 Å². The monoisotopic (exact) mass is 417 g/mol. The number of nitrogens with two attached hydrogens (primary N) is 2. The second-order valence-corrected chi connectivity index (χ2v) is 8.44. The molecule has 30 heavy (non-hydrogen) atoms. The van der Waals surface area contributed by atoms with Crippen LogP contribution in [0, 0.1) is 11.8 Å². The summed E-state index contributed by atoms with van der Waals surface area (Å²) in [5.41, 5.74) is 6.51. The van der Waals surface area contributed by atoms with Gasteiger partial charge in [0.05, 0.1) is 18.2 Å². The first-order valence-electron chi connectivity index (χ1n) is 10.6. The molecule has 0 bridgehead atoms. The first-order chi connectivity index (χ1) is 14.4. The number of rotatable bonds is 7. The van der Waals surface area contributed by atoms with E-state index < -0.39 is 11.2 Å². The van der Waals surface area contributed by atoms with Gasteiger partial charge in [0.15, 0.2) is 5.75 Å². The van der Waals surface area contributed by atoms with Crippen molar-refractivity contribution in [2.24, 2.45) is 17.6 Å². The number of benzene rings is 1. The third-order valence-corrected chi connectivity index (χ3v) is 6.35. The van der Waals surface area contributed by atoms with Gasteiger partial charge in [-0.05, 0) is 50.2 Å². The second-order valence-electron chi connectivity index (χ2n) is 8.44. The lowest BCUT2D eigenvalue weighted by Gasteiger charge is -2.24. The van der Waals surface area contributed by atoms with Crippen LogP contribution in [0.25, 0.3) is 10.9 Å². The van der Waals surface area contributed by atoms with E-state index in [0.29, 0.717) is 39.8 Å². The number of hydrogen-bond acceptors (Lipinski definition) is 7. The van der Waals surface area contributed by atoms with Crippen molar-refractivity contribution in [1.29, 1.82) is 0 Å². The minimum Gasteiger partial charge on any atom is -0.492 e. The molecule has 0 unspecified atom stereocenters. The molecule has 9 nitrogen and oxygen atoms in total. The summed E-state index contributed by atoms with van der Waals surface area (Å²) < 4.78 is 13.6. The largest absolute Gasteiger partial charge is 0.492 e. The van der Waals surface area contributed by atoms with Gasteiger partial charge in [0, 0.05) is 25.7 Å². The van der Waals surface area contributed by atoms with Gasteiger partial charge in [0.25, 0.3) is 5.56 Å². The van der Waals surface area contributed by atoms with Crippen molar-refractivity contribution in [2.45, 2.75) is 45.4 Å². The van der Waals surface area contributed by atoms with Gasteiger partial charge >= 0.3 is 5.69 Å². The highest BCUT2D eigenvalue weighted by molar-refractivity contribution is 5.90. The SMILES string of the molecule is CCO[C@H](N)C[C@H]1CN(c2ccc3c(=O)n(N)c(=O)n(C4CC4)c3c2OC)C[C@@H]1C. The molecule has 2 heterocycles. The van der Waals surface area contributed by atoms with Crippen molar-refractivity contribution >= 4 is 16.6 Å². The zero-order chi connectivity index (χ0) is 21.6. The highest BCUT2D eigenvalue weighted by Gasteiger charge is 2.35. The van der Waals surface area contributed by atoms with E-state index in [0.717, 1.165) is 38.0 Å². The maximum Gasteiger partial charge on any atom is 0.350 e. The minimum absolute atomic E-state index is 0.0500. The number of fused-ring (bicyclic) bond motifs is 1. The third kappa shape index (κ3) is 3.45. The van der Waals surface area contributed by atoms with Crippen molar-refractivity contribution in [1.82, 2.24) is 9.24 Å². The quantitative estimate of drug-likeness (QED) is 0.510. The minimum atomic E-state index is -0.507. The summed E-state index contributed by atoms with van der Waals surface area (Å²) in [6.07, 6.45) is 2.28. The maximum absolute atomic E-state index is 12.8. The normalized spacial score (nSPS) is 22.6. The van der Waals surface area contributed by atoms with E-state index in [4.69, 9.17) is 21.1 Å². The van der Waals surface area contributed by atoms with Gasteiger partial charge in [-0.15, -0.1) is 0 Å². The molecule has 0 radical (unpaired) electrons. The predicted molar refractivity (Wildman–Crippen MR) is 117 cm³/mol. The molecule has 1 aliphatic carbocycles. The highest BCUT2D eigenvalue weighted by Crippen LogP contribution is 2.42. The maximum atomic E-state index is 12.8. The Labute approximate surface area is 175 Å². The molecule has 0 spiro atoms. The Morgan fingerprint density at radius 2 is 1.97 bits per heavy atom. The van der Waals surface area contributed by atoms with Gasteiger partial charge in [-0.25, -0.2) is 4.79 Å². The molecular formula is C21H31N5O4. The van der Waals surface area contributed by atoms with Gasteiger partial charge in [-0.2, -0.15) is 4.68 Å². The lowest BCUT2D eigenvalue weighted by atomic mass is 9.94. The molecule has 2 aromatic rings. The Hall–Kier alpha value is -2.52. The van der Waals surface area contributed by atoms with Crippen LogP contribution in [0.3, 0.4) is 0 Å². The fraction of sp³-hybridized carbons (Fsp3) is 0.619. The molecule has 1 saturated carbocycles. The lowest BCUT2D eigenvalue weighted by Crippen LogP contribution is -2.44. The topological polar surface area (TPSA) is 118 Å². The van der Waals surface area contributed by atoms with Crippen molar-refractivity contribution in [3.63, 3.8) is 0 Å². The van der Waals surface area contributed by atoms with Gasteiger partial charge < -0.3 is 25.9 Å². The van der Waals surface area contributed by atoms with Crippen LogP contribution in [0.4, 0.5) is 5.69 Å². The fourth-order valence-corrected chi connectivity index (χ4v) is 4.64. The van der Waals surface area contributed by atoms with E-state index in [1.807, 2.05) is 13.0 Å². The molecule has 164 valence electrons. The van der Waals surface area contributed by atoms with Crippen molar-refractivity contribution in [3.05, 3.63) is 33.0 Å². The fourth-order valence-electron chi connectivity index (χ4n) is 4.64. The number of nitrogens with zero attached hydrogens (tertiary/aromatic N) is 3. The van der Waals surface area contributed by atoms with Crippen LogP contribution in [-0.4, -0.2) is 42.3 Å². The van der Waals surface area contributed by atoms with Crippen molar-refractivity contribution in [3.8, 4) is 5.75 Å². The highest BCUT2D eigenvalue weighted by atomic mass is 16.5. The van der Waals surface area contributed by atoms with Crippen LogP contribution in [0.5, 0.6) is 5.75 Å². The smallest absolute Gasteiger partial charge is 0.350 e. The summed E-state index contributed by atoms with van der Waals surface area (Å²) in [6.45, 7) is 6.41. The van der Waals surface area contributed by atoms with Gasteiger partial charge in [-0.1, -0.05) is 6.92 Å². The Bertz CT molecular complexity index is 1060. The molecule has 1 saturated heterocycles. The van der Waals surface area contributed by atoms with Crippen LogP contribution in [0.15, 0.2) is 21.7 Å². The number of nitrogen functional groups attached to an aromatic ring is 1. The summed E-state index contributed by atoms with van der Waals surface area (Å²) in [6, 6.07) is 3.69. The van der Waals surface area contributed by atoms with E-state index in [9.17, 15) is 9.59 Å². The van der Waals surface area contributed by atoms with Crippen LogP contribution in [-0.2, 0) is 4.74 Å². The van der Waals surface area contributed by atoms with Crippen molar-refractivity contribution < 1.29 is 9.47 Å². The van der Waals surface area contributed by atoms with E-state index >= 15 is 0 Å². The molecule has 1 aromatic carbocycles. The molecule has 2 fully saturated rings. The van der Waals surface area contributed by atoms with Gasteiger partial charge in [0.2, 0.25) is 0 Å². The number of methoxy groups -OCH3 is 1. The number of ether oxygens (including phenoxy) is 2. The third-order valence-electron chi connectivity index (χ3n) is 6.35. The first kappa shape index (κ1) is 20.7. The molecule has 1 aromatic heterocycles. The molecule has 4 rings (SSSR count). The van der Waals surface area contributed by atoms with E-state index in [1.54, 1.807) is 17.7 Å². The second kappa shape index (κ2) is 7.96. The van der Waals surface area contributed by atoms with Crippen LogP contribution in [0.2, 0.25) is 0 Å². The van der Waals surface area contributed by atoms with E-state index in [-0.39, 0.29) is 12.3 Å².